The van der Waals surface area contributed by atoms with Crippen LogP contribution in [0.4, 0.5) is 0 Å². The molecule has 1 atom stereocenters. The van der Waals surface area contributed by atoms with Crippen molar-refractivity contribution in [3.05, 3.63) is 198 Å². The second-order valence-electron chi connectivity index (χ2n) is 14.5. The zero-order chi connectivity index (χ0) is 36.9. The Hall–Kier alpha value is -6.98. The van der Waals surface area contributed by atoms with Crippen molar-refractivity contribution in [2.45, 2.75) is 19.9 Å². The number of benzene rings is 7. The van der Waals surface area contributed by atoms with E-state index in [-0.39, 0.29) is 0 Å². The van der Waals surface area contributed by atoms with Gasteiger partial charge >= 0.3 is 0 Å². The molecule has 0 saturated heterocycles. The van der Waals surface area contributed by atoms with Gasteiger partial charge in [-0.1, -0.05) is 146 Å². The minimum Gasteiger partial charge on any atom is -0.383 e. The highest BCUT2D eigenvalue weighted by Crippen LogP contribution is 2.42. The zero-order valence-electron chi connectivity index (χ0n) is 30.6. The minimum atomic E-state index is 0.434. The predicted molar refractivity (Wildman–Crippen MR) is 231 cm³/mol. The maximum atomic E-state index is 6.54. The van der Waals surface area contributed by atoms with E-state index in [0.717, 1.165) is 28.8 Å². The van der Waals surface area contributed by atoms with Crippen LogP contribution in [-0.2, 0) is 13.0 Å². The van der Waals surface area contributed by atoms with Gasteiger partial charge in [0.15, 0.2) is 5.84 Å². The van der Waals surface area contributed by atoms with E-state index in [9.17, 15) is 0 Å². The van der Waals surface area contributed by atoms with Crippen LogP contribution < -0.4 is 5.73 Å². The summed E-state index contributed by atoms with van der Waals surface area (Å²) in [5, 5.41) is 6.17. The number of amidine groups is 2. The highest BCUT2D eigenvalue weighted by molar-refractivity contribution is 6.15. The molecule has 5 heteroatoms. The van der Waals surface area contributed by atoms with E-state index in [4.69, 9.17) is 15.7 Å². The quantitative estimate of drug-likeness (QED) is 0.136. The molecule has 9 aromatic rings. The summed E-state index contributed by atoms with van der Waals surface area (Å²) in [5.74, 6) is 1.49. The van der Waals surface area contributed by atoms with Gasteiger partial charge in [-0.05, 0) is 59.7 Å². The summed E-state index contributed by atoms with van der Waals surface area (Å²) in [5.41, 5.74) is 18.1. The lowest BCUT2D eigenvalue weighted by atomic mass is 9.94. The number of nitrogens with zero attached hydrogens (tertiary/aromatic N) is 4. The maximum absolute atomic E-state index is 6.54. The van der Waals surface area contributed by atoms with Crippen LogP contribution in [0.15, 0.2) is 180 Å². The van der Waals surface area contributed by atoms with Crippen LogP contribution >= 0.6 is 0 Å². The lowest BCUT2D eigenvalue weighted by Crippen LogP contribution is -2.16. The number of allylic oxidation sites excluding steroid dienone is 1. The Balaban J connectivity index is 1.17. The Morgan fingerprint density at radius 2 is 1.25 bits per heavy atom. The predicted octanol–water partition coefficient (Wildman–Crippen LogP) is 11.4. The average Bonchev–Trinajstić information content (AvgIpc) is 3.73. The SMILES string of the molecule is CC1C=Cc2c(n(-c3cccc4c(CN=C(N=C(N)c5ccccc5)c5ccccc5)cccc34)c3cc4c(cc23)c2ccccc2n4-c2ccccc2)C1. The molecule has 2 N–H and O–H groups in total. The van der Waals surface area contributed by atoms with Crippen LogP contribution in [0.5, 0.6) is 0 Å². The van der Waals surface area contributed by atoms with Gasteiger partial charge in [0, 0.05) is 49.6 Å². The standard InChI is InChI=1S/C50H39N5/c1-33-27-28-41-43-30-42-40-22-11-12-25-44(40)54(37-20-9-4-10-21-37)47(42)31-48(43)55(46(41)29-33)45-26-14-23-38-36(19-13-24-39(38)45)32-52-50(35-17-7-3-8-18-35)53-49(51)34-15-5-2-6-16-34/h2-28,30-31,33H,29,32H2,1H3,(H2,51,52,53). The molecule has 0 aliphatic heterocycles. The van der Waals surface area contributed by atoms with Crippen molar-refractivity contribution in [2.24, 2.45) is 21.6 Å². The van der Waals surface area contributed by atoms with Crippen LogP contribution in [0.2, 0.25) is 0 Å². The van der Waals surface area contributed by atoms with E-state index >= 15 is 0 Å². The van der Waals surface area contributed by atoms with Crippen molar-refractivity contribution in [1.82, 2.24) is 9.13 Å². The van der Waals surface area contributed by atoms with Crippen LogP contribution in [-0.4, -0.2) is 20.8 Å². The number of hydrogen-bond donors (Lipinski definition) is 1. The molecule has 2 aromatic heterocycles. The van der Waals surface area contributed by atoms with Gasteiger partial charge < -0.3 is 14.9 Å². The molecule has 10 rings (SSSR count). The maximum Gasteiger partial charge on any atom is 0.157 e. The number of aromatic nitrogens is 2. The number of fused-ring (bicyclic) bond motifs is 7. The van der Waals surface area contributed by atoms with Crippen LogP contribution in [0.25, 0.3) is 60.9 Å². The molecule has 0 bridgehead atoms. The fraction of sp³-hybridized carbons (Fsp3) is 0.0800. The minimum absolute atomic E-state index is 0.434. The number of para-hydroxylation sites is 2. The smallest absolute Gasteiger partial charge is 0.157 e. The Bertz CT molecular complexity index is 2980. The van der Waals surface area contributed by atoms with Gasteiger partial charge in [0.2, 0.25) is 0 Å². The largest absolute Gasteiger partial charge is 0.383 e. The van der Waals surface area contributed by atoms with E-state index in [2.05, 4.69) is 131 Å². The number of nitrogens with two attached hydrogens (primary N) is 1. The monoisotopic (exact) mass is 709 g/mol. The molecule has 0 fully saturated rings. The van der Waals surface area contributed by atoms with Gasteiger partial charge in [0.05, 0.1) is 28.8 Å². The topological polar surface area (TPSA) is 60.6 Å². The van der Waals surface area contributed by atoms with Crippen molar-refractivity contribution in [2.75, 3.05) is 0 Å². The van der Waals surface area contributed by atoms with Gasteiger partial charge in [0.1, 0.15) is 5.84 Å². The second kappa shape index (κ2) is 13.5. The molecular weight excluding hydrogens is 671 g/mol. The molecule has 1 aliphatic rings. The second-order valence-corrected chi connectivity index (χ2v) is 14.5. The highest BCUT2D eigenvalue weighted by Gasteiger charge is 2.24. The lowest BCUT2D eigenvalue weighted by molar-refractivity contribution is 0.691. The third-order valence-corrected chi connectivity index (χ3v) is 11.0. The average molecular weight is 710 g/mol. The zero-order valence-corrected chi connectivity index (χ0v) is 30.6. The van der Waals surface area contributed by atoms with Crippen molar-refractivity contribution in [1.29, 1.82) is 0 Å². The van der Waals surface area contributed by atoms with Gasteiger partial charge in [-0.15, -0.1) is 0 Å². The summed E-state index contributed by atoms with van der Waals surface area (Å²) >= 11 is 0. The summed E-state index contributed by atoms with van der Waals surface area (Å²) in [6.07, 6.45) is 5.68. The van der Waals surface area contributed by atoms with Crippen molar-refractivity contribution in [3.8, 4) is 11.4 Å². The highest BCUT2D eigenvalue weighted by atomic mass is 15.0. The van der Waals surface area contributed by atoms with E-state index in [1.807, 2.05) is 60.7 Å². The third-order valence-electron chi connectivity index (χ3n) is 11.0. The molecule has 0 radical (unpaired) electrons. The van der Waals surface area contributed by atoms with Crippen LogP contribution in [0.1, 0.15) is 34.9 Å². The fourth-order valence-electron chi connectivity index (χ4n) is 8.39. The summed E-state index contributed by atoms with van der Waals surface area (Å²) in [6, 6.07) is 57.6. The summed E-state index contributed by atoms with van der Waals surface area (Å²) < 4.78 is 4.95. The first kappa shape index (κ1) is 32.7. The van der Waals surface area contributed by atoms with Gasteiger partial charge in [-0.3, -0.25) is 4.99 Å². The van der Waals surface area contributed by atoms with E-state index < -0.39 is 0 Å². The first-order valence-corrected chi connectivity index (χ1v) is 19.0. The van der Waals surface area contributed by atoms with Crippen molar-refractivity contribution >= 4 is 61.2 Å². The first-order valence-electron chi connectivity index (χ1n) is 19.0. The van der Waals surface area contributed by atoms with E-state index in [1.165, 1.54) is 60.4 Å². The third kappa shape index (κ3) is 5.64. The molecule has 5 nitrogen and oxygen atoms in total. The van der Waals surface area contributed by atoms with Gasteiger partial charge in [0.25, 0.3) is 0 Å². The Kier molecular flexibility index (Phi) is 7.99. The van der Waals surface area contributed by atoms with E-state index in [0.29, 0.717) is 24.1 Å². The van der Waals surface area contributed by atoms with Gasteiger partial charge in [-0.25, -0.2) is 4.99 Å². The molecule has 7 aromatic carbocycles. The van der Waals surface area contributed by atoms with Crippen LogP contribution in [0, 0.1) is 5.92 Å². The van der Waals surface area contributed by atoms with Crippen molar-refractivity contribution in [3.63, 3.8) is 0 Å². The molecule has 55 heavy (non-hydrogen) atoms. The molecule has 0 amide bonds. The summed E-state index contributed by atoms with van der Waals surface area (Å²) in [6.45, 7) is 2.77. The van der Waals surface area contributed by atoms with Gasteiger partial charge in [-0.2, -0.15) is 0 Å². The summed E-state index contributed by atoms with van der Waals surface area (Å²) in [4.78, 5) is 9.99. The molecule has 0 spiro atoms. The number of aliphatic imine (C=N–C) groups is 2. The summed E-state index contributed by atoms with van der Waals surface area (Å²) in [7, 11) is 0. The molecular formula is C50H39N5. The van der Waals surface area contributed by atoms with E-state index in [1.54, 1.807) is 0 Å². The normalized spacial score (nSPS) is 14.7. The lowest BCUT2D eigenvalue weighted by Gasteiger charge is -2.19. The molecule has 0 saturated carbocycles. The number of hydrogen-bond acceptors (Lipinski definition) is 1. The Morgan fingerprint density at radius 3 is 2.05 bits per heavy atom. The molecule has 1 unspecified atom stereocenters. The Morgan fingerprint density at radius 1 is 0.600 bits per heavy atom. The molecule has 1 aliphatic carbocycles. The molecule has 264 valence electrons. The number of rotatable bonds is 6. The Labute approximate surface area is 320 Å². The van der Waals surface area contributed by atoms with Crippen LogP contribution in [0.3, 0.4) is 0 Å². The first-order chi connectivity index (χ1) is 27.1. The van der Waals surface area contributed by atoms with Crippen molar-refractivity contribution < 1.29 is 0 Å². The molecule has 2 heterocycles. The fourth-order valence-corrected chi connectivity index (χ4v) is 8.39.